The van der Waals surface area contributed by atoms with E-state index in [1.165, 1.54) is 0 Å². The van der Waals surface area contributed by atoms with Gasteiger partial charge in [-0.25, -0.2) is 4.98 Å². The molecule has 2 N–H and O–H groups in total. The Balaban J connectivity index is 2.04. The van der Waals surface area contributed by atoms with E-state index < -0.39 is 0 Å². The number of carbonyl (C=O) groups excluding carboxylic acids is 1. The Kier molecular flexibility index (Phi) is 3.81. The molecule has 1 aromatic carbocycles. The fraction of sp³-hybridized carbons (Fsp3) is 0.385. The van der Waals surface area contributed by atoms with Crippen LogP contribution >= 0.6 is 11.3 Å². The number of hydrogen-bond donors (Lipinski definition) is 2. The third kappa shape index (κ3) is 2.98. The summed E-state index contributed by atoms with van der Waals surface area (Å²) in [6.07, 6.45) is 0. The minimum atomic E-state index is -0.0130. The van der Waals surface area contributed by atoms with Gasteiger partial charge in [0.15, 0.2) is 5.13 Å². The summed E-state index contributed by atoms with van der Waals surface area (Å²) in [4.78, 5) is 16.0. The Hall–Kier alpha value is -1.62. The molecule has 5 heteroatoms. The van der Waals surface area contributed by atoms with Crippen LogP contribution in [-0.4, -0.2) is 23.5 Å². The number of anilines is 1. The lowest BCUT2D eigenvalue weighted by Crippen LogP contribution is -2.34. The maximum absolute atomic E-state index is 11.5. The first-order chi connectivity index (χ1) is 8.56. The second kappa shape index (κ2) is 5.35. The average molecular weight is 263 g/mol. The molecular formula is C13H17N3OS. The smallest absolute Gasteiger partial charge is 0.239 e. The van der Waals surface area contributed by atoms with Gasteiger partial charge in [0.05, 0.1) is 16.8 Å². The second-order valence-electron chi connectivity index (χ2n) is 4.52. The molecule has 2 aromatic rings. The standard InChI is InChI=1S/C13H17N3OS/c1-8(2)15-11(17)7-14-13-16-12-9(3)5-4-6-10(12)18-13/h4-6,8H,7H2,1-3H3,(H,14,16)(H,15,17). The van der Waals surface area contributed by atoms with Crippen LogP contribution in [-0.2, 0) is 4.79 Å². The number of aryl methyl sites for hydroxylation is 1. The molecule has 0 spiro atoms. The third-order valence-corrected chi connectivity index (χ3v) is 3.45. The van der Waals surface area contributed by atoms with Crippen molar-refractivity contribution in [1.82, 2.24) is 10.3 Å². The van der Waals surface area contributed by atoms with Crippen LogP contribution in [0.5, 0.6) is 0 Å². The lowest BCUT2D eigenvalue weighted by molar-refractivity contribution is -0.119. The predicted octanol–water partition coefficient (Wildman–Crippen LogP) is 2.54. The molecule has 0 fully saturated rings. The second-order valence-corrected chi connectivity index (χ2v) is 5.55. The van der Waals surface area contributed by atoms with Gasteiger partial charge in [-0.2, -0.15) is 0 Å². The van der Waals surface area contributed by atoms with Gasteiger partial charge in [-0.05, 0) is 32.4 Å². The van der Waals surface area contributed by atoms with Crippen molar-refractivity contribution < 1.29 is 4.79 Å². The summed E-state index contributed by atoms with van der Waals surface area (Å²) in [6, 6.07) is 6.26. The van der Waals surface area contributed by atoms with Gasteiger partial charge in [0, 0.05) is 6.04 Å². The highest BCUT2D eigenvalue weighted by Gasteiger charge is 2.07. The molecule has 1 heterocycles. The van der Waals surface area contributed by atoms with Crippen LogP contribution in [0, 0.1) is 6.92 Å². The highest BCUT2D eigenvalue weighted by atomic mass is 32.1. The molecule has 0 radical (unpaired) electrons. The summed E-state index contributed by atoms with van der Waals surface area (Å²) in [5.41, 5.74) is 2.16. The molecule has 0 saturated carbocycles. The van der Waals surface area contributed by atoms with Crippen molar-refractivity contribution in [2.24, 2.45) is 0 Å². The number of nitrogens with one attached hydrogen (secondary N) is 2. The van der Waals surface area contributed by atoms with E-state index >= 15 is 0 Å². The largest absolute Gasteiger partial charge is 0.352 e. The van der Waals surface area contributed by atoms with Gasteiger partial charge in [-0.3, -0.25) is 4.79 Å². The number of thiazole rings is 1. The summed E-state index contributed by atoms with van der Waals surface area (Å²) in [7, 11) is 0. The lowest BCUT2D eigenvalue weighted by Gasteiger charge is -2.08. The number of carbonyl (C=O) groups is 1. The van der Waals surface area contributed by atoms with Crippen molar-refractivity contribution in [3.63, 3.8) is 0 Å². The van der Waals surface area contributed by atoms with Crippen molar-refractivity contribution in [1.29, 1.82) is 0 Å². The van der Waals surface area contributed by atoms with E-state index in [1.54, 1.807) is 11.3 Å². The molecule has 0 aliphatic heterocycles. The first-order valence-electron chi connectivity index (χ1n) is 5.95. The minimum absolute atomic E-state index is 0.0130. The normalized spacial score (nSPS) is 10.9. The number of hydrogen-bond acceptors (Lipinski definition) is 4. The molecule has 1 aromatic heterocycles. The summed E-state index contributed by atoms with van der Waals surface area (Å²) in [5.74, 6) is -0.0130. The Labute approximate surface area is 110 Å². The Bertz CT molecular complexity index is 562. The van der Waals surface area contributed by atoms with E-state index in [9.17, 15) is 4.79 Å². The number of rotatable bonds is 4. The SMILES string of the molecule is Cc1cccc2sc(NCC(=O)NC(C)C)nc12. The summed E-state index contributed by atoms with van der Waals surface area (Å²) in [5, 5.41) is 6.69. The Morgan fingerprint density at radius 3 is 2.89 bits per heavy atom. The lowest BCUT2D eigenvalue weighted by atomic mass is 10.2. The average Bonchev–Trinajstić information content (AvgIpc) is 2.70. The van der Waals surface area contributed by atoms with Crippen molar-refractivity contribution >= 4 is 32.6 Å². The van der Waals surface area contributed by atoms with Gasteiger partial charge in [0.25, 0.3) is 0 Å². The van der Waals surface area contributed by atoms with Gasteiger partial charge >= 0.3 is 0 Å². The summed E-state index contributed by atoms with van der Waals surface area (Å²) < 4.78 is 1.14. The van der Waals surface area contributed by atoms with Crippen molar-refractivity contribution in [3.05, 3.63) is 23.8 Å². The predicted molar refractivity (Wildman–Crippen MR) is 76.1 cm³/mol. The summed E-state index contributed by atoms with van der Waals surface area (Å²) >= 11 is 1.57. The van der Waals surface area contributed by atoms with Crippen molar-refractivity contribution in [3.8, 4) is 0 Å². The van der Waals surface area contributed by atoms with Crippen molar-refractivity contribution in [2.75, 3.05) is 11.9 Å². The first kappa shape index (κ1) is 12.8. The molecule has 0 atom stereocenters. The third-order valence-electron chi connectivity index (χ3n) is 2.47. The number of benzene rings is 1. The molecule has 0 bridgehead atoms. The van der Waals surface area contributed by atoms with Crippen LogP contribution < -0.4 is 10.6 Å². The fourth-order valence-electron chi connectivity index (χ4n) is 1.69. The van der Waals surface area contributed by atoms with Crippen LogP contribution in [0.15, 0.2) is 18.2 Å². The molecule has 1 amide bonds. The first-order valence-corrected chi connectivity index (χ1v) is 6.77. The van der Waals surface area contributed by atoms with Gasteiger partial charge in [0.2, 0.25) is 5.91 Å². The Morgan fingerprint density at radius 1 is 1.44 bits per heavy atom. The molecule has 96 valence electrons. The number of amides is 1. The quantitative estimate of drug-likeness (QED) is 0.891. The molecule has 0 aliphatic rings. The van der Waals surface area contributed by atoms with Crippen LogP contribution in [0.2, 0.25) is 0 Å². The van der Waals surface area contributed by atoms with E-state index in [0.717, 1.165) is 20.9 Å². The topological polar surface area (TPSA) is 54.0 Å². The molecule has 18 heavy (non-hydrogen) atoms. The van der Waals surface area contributed by atoms with Crippen LogP contribution in [0.25, 0.3) is 10.2 Å². The molecule has 4 nitrogen and oxygen atoms in total. The van der Waals surface area contributed by atoms with E-state index in [2.05, 4.69) is 15.6 Å². The summed E-state index contributed by atoms with van der Waals surface area (Å²) in [6.45, 7) is 6.19. The zero-order valence-corrected chi connectivity index (χ0v) is 11.6. The number of fused-ring (bicyclic) bond motifs is 1. The highest BCUT2D eigenvalue weighted by Crippen LogP contribution is 2.27. The molecule has 0 aliphatic carbocycles. The van der Waals surface area contributed by atoms with E-state index in [4.69, 9.17) is 0 Å². The van der Waals surface area contributed by atoms with Crippen LogP contribution in [0.4, 0.5) is 5.13 Å². The van der Waals surface area contributed by atoms with E-state index in [0.29, 0.717) is 0 Å². The van der Waals surface area contributed by atoms with Gasteiger partial charge < -0.3 is 10.6 Å². The zero-order valence-electron chi connectivity index (χ0n) is 10.8. The van der Waals surface area contributed by atoms with E-state index in [1.807, 2.05) is 39.0 Å². The monoisotopic (exact) mass is 263 g/mol. The van der Waals surface area contributed by atoms with E-state index in [-0.39, 0.29) is 18.5 Å². The fourth-order valence-corrected chi connectivity index (χ4v) is 2.63. The molecular weight excluding hydrogens is 246 g/mol. The van der Waals surface area contributed by atoms with Gasteiger partial charge in [-0.15, -0.1) is 0 Å². The van der Waals surface area contributed by atoms with Gasteiger partial charge in [0.1, 0.15) is 0 Å². The van der Waals surface area contributed by atoms with Gasteiger partial charge in [-0.1, -0.05) is 23.5 Å². The highest BCUT2D eigenvalue weighted by molar-refractivity contribution is 7.22. The van der Waals surface area contributed by atoms with Crippen LogP contribution in [0.3, 0.4) is 0 Å². The molecule has 0 unspecified atom stereocenters. The number of nitrogens with zero attached hydrogens (tertiary/aromatic N) is 1. The molecule has 0 saturated heterocycles. The Morgan fingerprint density at radius 2 is 2.22 bits per heavy atom. The maximum atomic E-state index is 11.5. The van der Waals surface area contributed by atoms with Crippen LogP contribution in [0.1, 0.15) is 19.4 Å². The van der Waals surface area contributed by atoms with Crippen molar-refractivity contribution in [2.45, 2.75) is 26.8 Å². The minimum Gasteiger partial charge on any atom is -0.352 e. The molecule has 2 rings (SSSR count). The maximum Gasteiger partial charge on any atom is 0.239 e. The number of aromatic nitrogens is 1. The zero-order chi connectivity index (χ0) is 13.1. The number of para-hydroxylation sites is 1.